The van der Waals surface area contributed by atoms with Crippen LogP contribution < -0.4 is 10.1 Å². The minimum atomic E-state index is -2.14. The number of amides is 1. The van der Waals surface area contributed by atoms with E-state index in [1.807, 2.05) is 8.09 Å². The van der Waals surface area contributed by atoms with Crippen molar-refractivity contribution in [2.75, 3.05) is 7.11 Å². The lowest BCUT2D eigenvalue weighted by Crippen LogP contribution is -2.35. The van der Waals surface area contributed by atoms with Gasteiger partial charge in [0.05, 0.1) is 13.2 Å². The Morgan fingerprint density at radius 2 is 2.30 bits per heavy atom. The molecular weight excluding hydrogens is 396 g/mol. The first-order chi connectivity index (χ1) is 9.57. The van der Waals surface area contributed by atoms with Crippen LogP contribution in [0.15, 0.2) is 28.4 Å². The zero-order chi connectivity index (χ0) is 14.3. The SMILES string of the molecule is COc1ccc(Cl)cc1C1(F)C(=O)NC2C=IC=CC21. The van der Waals surface area contributed by atoms with E-state index in [1.54, 1.807) is 18.2 Å². The first kappa shape index (κ1) is 14.0. The number of methoxy groups -OCH3 is 1. The molecule has 1 aromatic carbocycles. The monoisotopic (exact) mass is 407 g/mol. The number of fused-ring (bicyclic) bond motifs is 1. The van der Waals surface area contributed by atoms with Crippen molar-refractivity contribution in [1.29, 1.82) is 0 Å². The molecule has 1 aromatic rings. The number of nitrogens with one attached hydrogen (secondary N) is 1. The quantitative estimate of drug-likeness (QED) is 0.766. The Hall–Kier alpha value is -0.950. The standard InChI is InChI=1S/C14H12ClFINO2/c1-20-12-3-2-8(15)6-10(12)14(16)9-4-5-17-7-11(9)18-13(14)19/h2-7,9,11H,1H3,(H,18,19). The Morgan fingerprint density at radius 3 is 3.05 bits per heavy atom. The summed E-state index contributed by atoms with van der Waals surface area (Å²) in [6.45, 7) is 0. The summed E-state index contributed by atoms with van der Waals surface area (Å²) in [5.41, 5.74) is -1.95. The van der Waals surface area contributed by atoms with E-state index in [0.29, 0.717) is 10.8 Å². The molecule has 2 aliphatic heterocycles. The minimum absolute atomic E-state index is 0.190. The van der Waals surface area contributed by atoms with Crippen molar-refractivity contribution >= 4 is 42.3 Å². The van der Waals surface area contributed by atoms with E-state index in [9.17, 15) is 4.79 Å². The van der Waals surface area contributed by atoms with Gasteiger partial charge in [-0.2, -0.15) is 0 Å². The molecule has 1 amide bonds. The van der Waals surface area contributed by atoms with Gasteiger partial charge in [0.15, 0.2) is 0 Å². The van der Waals surface area contributed by atoms with Crippen LogP contribution in [0.25, 0.3) is 0 Å². The highest BCUT2D eigenvalue weighted by molar-refractivity contribution is 14.2. The van der Waals surface area contributed by atoms with Gasteiger partial charge in [-0.05, 0) is 26.3 Å². The van der Waals surface area contributed by atoms with Crippen LogP contribution in [0.3, 0.4) is 0 Å². The van der Waals surface area contributed by atoms with Gasteiger partial charge >= 0.3 is 0 Å². The summed E-state index contributed by atoms with van der Waals surface area (Å²) in [7, 11) is 1.45. The Balaban J connectivity index is 2.16. The van der Waals surface area contributed by atoms with Gasteiger partial charge in [0.25, 0.3) is 5.91 Å². The summed E-state index contributed by atoms with van der Waals surface area (Å²) in [5, 5.41) is 3.10. The number of hydrogen-bond donors (Lipinski definition) is 1. The van der Waals surface area contributed by atoms with Crippen LogP contribution in [0.2, 0.25) is 5.02 Å². The molecule has 3 rings (SSSR count). The maximum absolute atomic E-state index is 15.6. The Labute approximate surface area is 130 Å². The molecule has 0 aromatic heterocycles. The molecule has 1 fully saturated rings. The van der Waals surface area contributed by atoms with E-state index in [2.05, 4.69) is 5.32 Å². The van der Waals surface area contributed by atoms with Crippen LogP contribution in [0.4, 0.5) is 4.39 Å². The first-order valence-corrected chi connectivity index (χ1v) is 8.90. The number of hydrogen-bond acceptors (Lipinski definition) is 2. The number of benzene rings is 1. The molecular formula is C14H12ClFINO2. The Bertz CT molecular complexity index is 634. The van der Waals surface area contributed by atoms with Gasteiger partial charge < -0.3 is 10.1 Å². The van der Waals surface area contributed by atoms with Crippen molar-refractivity contribution in [3.05, 3.63) is 38.9 Å². The molecule has 0 radical (unpaired) electrons. The second kappa shape index (κ2) is 5.11. The minimum Gasteiger partial charge on any atom is -0.496 e. The van der Waals surface area contributed by atoms with E-state index in [0.717, 1.165) is 0 Å². The first-order valence-electron chi connectivity index (χ1n) is 6.03. The van der Waals surface area contributed by atoms with E-state index >= 15 is 4.39 Å². The average molecular weight is 408 g/mol. The molecule has 0 aliphatic carbocycles. The van der Waals surface area contributed by atoms with Gasteiger partial charge in [0, 0.05) is 16.5 Å². The summed E-state index contributed by atoms with van der Waals surface area (Å²) in [4.78, 5) is 12.2. The number of alkyl halides is 1. The van der Waals surface area contributed by atoms with Gasteiger partial charge in [-0.15, -0.1) is 0 Å². The van der Waals surface area contributed by atoms with Crippen LogP contribution in [-0.4, -0.2) is 23.1 Å². The second-order valence-electron chi connectivity index (χ2n) is 4.65. The third kappa shape index (κ3) is 1.98. The number of halogens is 3. The van der Waals surface area contributed by atoms with Crippen molar-refractivity contribution in [1.82, 2.24) is 5.32 Å². The number of carbonyl (C=O) groups is 1. The fourth-order valence-corrected chi connectivity index (χ4v) is 4.79. The van der Waals surface area contributed by atoms with Crippen LogP contribution in [0.1, 0.15) is 5.56 Å². The van der Waals surface area contributed by atoms with Gasteiger partial charge in [-0.1, -0.05) is 38.4 Å². The topological polar surface area (TPSA) is 38.3 Å². The molecule has 2 aliphatic rings. The van der Waals surface area contributed by atoms with Crippen molar-refractivity contribution in [2.45, 2.75) is 11.7 Å². The zero-order valence-electron chi connectivity index (χ0n) is 10.6. The third-order valence-corrected chi connectivity index (χ3v) is 5.84. The smallest absolute Gasteiger partial charge is 0.263 e. The molecule has 0 bridgehead atoms. The summed E-state index contributed by atoms with van der Waals surface area (Å²) in [6.07, 6.45) is 1.80. The van der Waals surface area contributed by atoms with Crippen molar-refractivity contribution < 1.29 is 13.9 Å². The maximum atomic E-state index is 15.6. The average Bonchev–Trinajstić information content (AvgIpc) is 2.72. The van der Waals surface area contributed by atoms with E-state index in [1.165, 1.54) is 13.2 Å². The van der Waals surface area contributed by atoms with Crippen LogP contribution in [-0.2, 0) is 10.5 Å². The highest BCUT2D eigenvalue weighted by Gasteiger charge is 2.57. The highest BCUT2D eigenvalue weighted by Crippen LogP contribution is 2.47. The Kier molecular flexibility index (Phi) is 3.58. The molecule has 20 heavy (non-hydrogen) atoms. The second-order valence-corrected chi connectivity index (χ2v) is 7.25. The normalized spacial score (nSPS) is 31.4. The summed E-state index contributed by atoms with van der Waals surface area (Å²) in [5.74, 6) is -0.836. The molecule has 6 heteroatoms. The summed E-state index contributed by atoms with van der Waals surface area (Å²) < 4.78 is 24.8. The lowest BCUT2D eigenvalue weighted by Gasteiger charge is -2.26. The molecule has 3 unspecified atom stereocenters. The number of ether oxygens (including phenoxy) is 1. The molecule has 1 N–H and O–H groups in total. The molecule has 3 atom stereocenters. The highest BCUT2D eigenvalue weighted by atomic mass is 127. The fraction of sp³-hybridized carbons (Fsp3) is 0.286. The zero-order valence-corrected chi connectivity index (χ0v) is 13.5. The summed E-state index contributed by atoms with van der Waals surface area (Å²) in [6, 6.07) is 4.43. The molecule has 1 saturated heterocycles. The van der Waals surface area contributed by atoms with E-state index < -0.39 is 17.5 Å². The maximum Gasteiger partial charge on any atom is 0.263 e. The van der Waals surface area contributed by atoms with Gasteiger partial charge in [-0.25, -0.2) is 4.39 Å². The third-order valence-electron chi connectivity index (χ3n) is 3.59. The summed E-state index contributed by atoms with van der Waals surface area (Å²) >= 11 is 5.75. The Morgan fingerprint density at radius 1 is 1.50 bits per heavy atom. The van der Waals surface area contributed by atoms with Crippen molar-refractivity contribution in [2.24, 2.45) is 5.92 Å². The van der Waals surface area contributed by atoms with E-state index in [4.69, 9.17) is 16.3 Å². The van der Waals surface area contributed by atoms with Crippen LogP contribution in [0, 0.1) is 5.92 Å². The molecule has 3 nitrogen and oxygen atoms in total. The number of carbonyl (C=O) groups excluding carboxylic acids is 1. The molecule has 106 valence electrons. The van der Waals surface area contributed by atoms with Crippen LogP contribution >= 0.6 is 32.3 Å². The van der Waals surface area contributed by atoms with E-state index in [-0.39, 0.29) is 32.3 Å². The largest absolute Gasteiger partial charge is 0.496 e. The number of rotatable bonds is 2. The predicted molar refractivity (Wildman–Crippen MR) is 85.4 cm³/mol. The molecule has 2 heterocycles. The van der Waals surface area contributed by atoms with Gasteiger partial charge in [-0.3, -0.25) is 4.79 Å². The van der Waals surface area contributed by atoms with Crippen molar-refractivity contribution in [3.8, 4) is 5.75 Å². The lowest BCUT2D eigenvalue weighted by atomic mass is 9.82. The molecule has 0 saturated carbocycles. The van der Waals surface area contributed by atoms with Gasteiger partial charge in [0.2, 0.25) is 5.67 Å². The van der Waals surface area contributed by atoms with Gasteiger partial charge in [0.1, 0.15) is 5.75 Å². The van der Waals surface area contributed by atoms with Crippen molar-refractivity contribution in [3.63, 3.8) is 0 Å². The lowest BCUT2D eigenvalue weighted by molar-refractivity contribution is -0.130. The van der Waals surface area contributed by atoms with Crippen LogP contribution in [0.5, 0.6) is 5.75 Å². The molecule has 0 spiro atoms. The predicted octanol–water partition coefficient (Wildman–Crippen LogP) is 2.93. The fourth-order valence-electron chi connectivity index (χ4n) is 2.61.